The molecule has 0 spiro atoms. The number of thiazole rings is 1. The van der Waals surface area contributed by atoms with E-state index in [4.69, 9.17) is 19.6 Å². The molecule has 5 rings (SSSR count). The Bertz CT molecular complexity index is 1550. The number of aromatic nitrogens is 3. The van der Waals surface area contributed by atoms with E-state index < -0.39 is 11.8 Å². The van der Waals surface area contributed by atoms with Gasteiger partial charge in [-0.05, 0) is 42.8 Å². The standard InChI is InChI=1S/C27H26N6O6S/c1-15-31-32-25(38-15)16-3-5-20(6-4-16)39-22-10-18(24(35)30-27-29-19(14-40-27)11-23(28)34)9-21(12-22)37-13-17-7-8-33(2)26(17)36/h3-6,9-10,12,14,17H,7-8,11,13H2,1-2H3,(H2,28,34)(H,29,30,35). The van der Waals surface area contributed by atoms with Gasteiger partial charge in [-0.1, -0.05) is 0 Å². The number of rotatable bonds is 10. The molecule has 3 heterocycles. The first kappa shape index (κ1) is 26.8. The Labute approximate surface area is 233 Å². The number of benzene rings is 2. The van der Waals surface area contributed by atoms with Crippen molar-refractivity contribution in [2.24, 2.45) is 11.7 Å². The Hall–Kier alpha value is -4.78. The minimum Gasteiger partial charge on any atom is -0.493 e. The molecule has 12 nitrogen and oxygen atoms in total. The monoisotopic (exact) mass is 562 g/mol. The molecule has 1 fully saturated rings. The zero-order valence-corrected chi connectivity index (χ0v) is 22.6. The van der Waals surface area contributed by atoms with Crippen LogP contribution < -0.4 is 20.5 Å². The average molecular weight is 563 g/mol. The van der Waals surface area contributed by atoms with E-state index in [1.54, 1.807) is 66.7 Å². The van der Waals surface area contributed by atoms with Crippen molar-refractivity contribution in [3.05, 3.63) is 65.0 Å². The van der Waals surface area contributed by atoms with Crippen LogP contribution in [0.4, 0.5) is 5.13 Å². The fourth-order valence-corrected chi connectivity index (χ4v) is 4.80. The number of amides is 3. The van der Waals surface area contributed by atoms with Gasteiger partial charge in [0.25, 0.3) is 5.91 Å². The highest BCUT2D eigenvalue weighted by atomic mass is 32.1. The number of carbonyl (C=O) groups excluding carboxylic acids is 3. The summed E-state index contributed by atoms with van der Waals surface area (Å²) in [6.45, 7) is 2.56. The molecule has 3 N–H and O–H groups in total. The van der Waals surface area contributed by atoms with Gasteiger partial charge < -0.3 is 24.5 Å². The number of primary amides is 1. The quantitative estimate of drug-likeness (QED) is 0.295. The van der Waals surface area contributed by atoms with Crippen LogP contribution in [0.1, 0.15) is 28.4 Å². The van der Waals surface area contributed by atoms with Crippen molar-refractivity contribution in [2.45, 2.75) is 19.8 Å². The predicted octanol–water partition coefficient (Wildman–Crippen LogP) is 3.43. The van der Waals surface area contributed by atoms with Crippen LogP contribution in [-0.2, 0) is 16.0 Å². The van der Waals surface area contributed by atoms with Crippen molar-refractivity contribution in [1.82, 2.24) is 20.1 Å². The lowest BCUT2D eigenvalue weighted by molar-refractivity contribution is -0.130. The number of aryl methyl sites for hydroxylation is 1. The molecule has 4 aromatic rings. The van der Waals surface area contributed by atoms with E-state index in [-0.39, 0.29) is 30.4 Å². The normalized spacial score (nSPS) is 14.8. The van der Waals surface area contributed by atoms with Crippen molar-refractivity contribution >= 4 is 34.2 Å². The lowest BCUT2D eigenvalue weighted by atomic mass is 10.1. The van der Waals surface area contributed by atoms with E-state index in [2.05, 4.69) is 20.5 Å². The lowest BCUT2D eigenvalue weighted by Gasteiger charge is -2.14. The Morgan fingerprint density at radius 1 is 1.15 bits per heavy atom. The summed E-state index contributed by atoms with van der Waals surface area (Å²) < 4.78 is 17.5. The SMILES string of the molecule is Cc1nnc(-c2ccc(Oc3cc(OCC4CCN(C)C4=O)cc(C(=O)Nc4nc(CC(N)=O)cs4)c3)cc2)o1. The highest BCUT2D eigenvalue weighted by Gasteiger charge is 2.29. The van der Waals surface area contributed by atoms with Gasteiger partial charge in [0, 0.05) is 43.1 Å². The molecule has 206 valence electrons. The molecule has 0 saturated carbocycles. The molecule has 13 heteroatoms. The van der Waals surface area contributed by atoms with Gasteiger partial charge in [0.2, 0.25) is 23.6 Å². The zero-order chi connectivity index (χ0) is 28.2. The molecule has 0 bridgehead atoms. The third-order valence-electron chi connectivity index (χ3n) is 6.12. The minimum absolute atomic E-state index is 0.0202. The third kappa shape index (κ3) is 6.43. The van der Waals surface area contributed by atoms with Crippen molar-refractivity contribution < 1.29 is 28.3 Å². The van der Waals surface area contributed by atoms with Gasteiger partial charge in [-0.2, -0.15) is 0 Å². The fraction of sp³-hybridized carbons (Fsp3) is 0.259. The molecule has 0 radical (unpaired) electrons. The molecular formula is C27H26N6O6S. The second kappa shape index (κ2) is 11.5. The van der Waals surface area contributed by atoms with E-state index in [1.165, 1.54) is 11.3 Å². The third-order valence-corrected chi connectivity index (χ3v) is 6.93. The first-order chi connectivity index (χ1) is 19.2. The van der Waals surface area contributed by atoms with E-state index in [0.29, 0.717) is 52.8 Å². The van der Waals surface area contributed by atoms with E-state index in [0.717, 1.165) is 5.56 Å². The van der Waals surface area contributed by atoms with E-state index >= 15 is 0 Å². The molecule has 0 aliphatic carbocycles. The Morgan fingerprint density at radius 2 is 1.93 bits per heavy atom. The summed E-state index contributed by atoms with van der Waals surface area (Å²) in [4.78, 5) is 42.5. The van der Waals surface area contributed by atoms with Gasteiger partial charge in [0.15, 0.2) is 5.13 Å². The van der Waals surface area contributed by atoms with Crippen LogP contribution in [0.25, 0.3) is 11.5 Å². The van der Waals surface area contributed by atoms with Crippen molar-refractivity contribution in [1.29, 1.82) is 0 Å². The summed E-state index contributed by atoms with van der Waals surface area (Å²) in [5.74, 6) is 0.897. The molecular weight excluding hydrogens is 536 g/mol. The highest BCUT2D eigenvalue weighted by molar-refractivity contribution is 7.14. The van der Waals surface area contributed by atoms with Crippen LogP contribution in [0.3, 0.4) is 0 Å². The molecule has 1 aliphatic heterocycles. The van der Waals surface area contributed by atoms with Crippen molar-refractivity contribution in [3.63, 3.8) is 0 Å². The van der Waals surface area contributed by atoms with Crippen molar-refractivity contribution in [2.75, 3.05) is 25.5 Å². The number of anilines is 1. The lowest BCUT2D eigenvalue weighted by Crippen LogP contribution is -2.25. The molecule has 1 unspecified atom stereocenters. The van der Waals surface area contributed by atoms with Gasteiger partial charge in [0.05, 0.1) is 24.6 Å². The van der Waals surface area contributed by atoms with E-state index in [9.17, 15) is 14.4 Å². The second-order valence-corrected chi connectivity index (χ2v) is 10.1. The summed E-state index contributed by atoms with van der Waals surface area (Å²) in [7, 11) is 1.76. The van der Waals surface area contributed by atoms with Gasteiger partial charge in [-0.25, -0.2) is 4.98 Å². The topological polar surface area (TPSA) is 163 Å². The molecule has 2 aromatic carbocycles. The predicted molar refractivity (Wildman–Crippen MR) is 145 cm³/mol. The maximum Gasteiger partial charge on any atom is 0.257 e. The molecule has 40 heavy (non-hydrogen) atoms. The van der Waals surface area contributed by atoms with Gasteiger partial charge in [0.1, 0.15) is 17.2 Å². The molecule has 2 aromatic heterocycles. The Morgan fingerprint density at radius 3 is 2.60 bits per heavy atom. The Kier molecular flexibility index (Phi) is 7.73. The molecule has 3 amide bonds. The molecule has 1 saturated heterocycles. The number of hydrogen-bond acceptors (Lipinski definition) is 10. The largest absolute Gasteiger partial charge is 0.493 e. The maximum atomic E-state index is 13.1. The zero-order valence-electron chi connectivity index (χ0n) is 21.7. The number of hydrogen-bond donors (Lipinski definition) is 2. The van der Waals surface area contributed by atoms with Crippen LogP contribution >= 0.6 is 11.3 Å². The highest BCUT2D eigenvalue weighted by Crippen LogP contribution is 2.31. The number of carbonyl (C=O) groups is 3. The summed E-state index contributed by atoms with van der Waals surface area (Å²) in [5, 5.41) is 12.6. The number of ether oxygens (including phenoxy) is 2. The first-order valence-electron chi connectivity index (χ1n) is 12.4. The van der Waals surface area contributed by atoms with Crippen LogP contribution in [0, 0.1) is 12.8 Å². The summed E-state index contributed by atoms with van der Waals surface area (Å²) in [5.41, 5.74) is 6.69. The summed E-state index contributed by atoms with van der Waals surface area (Å²) in [6.07, 6.45) is 0.677. The molecule has 1 aliphatic rings. The smallest absolute Gasteiger partial charge is 0.257 e. The number of nitrogens with one attached hydrogen (secondary N) is 1. The number of nitrogens with zero attached hydrogens (tertiary/aromatic N) is 4. The first-order valence-corrected chi connectivity index (χ1v) is 13.3. The van der Waals surface area contributed by atoms with Gasteiger partial charge >= 0.3 is 0 Å². The second-order valence-electron chi connectivity index (χ2n) is 9.24. The Balaban J connectivity index is 1.35. The maximum absolute atomic E-state index is 13.1. The van der Waals surface area contributed by atoms with Gasteiger partial charge in [-0.3, -0.25) is 19.7 Å². The summed E-state index contributed by atoms with van der Waals surface area (Å²) >= 11 is 1.18. The summed E-state index contributed by atoms with van der Waals surface area (Å²) in [6, 6.07) is 11.9. The average Bonchev–Trinajstić information content (AvgIpc) is 3.64. The van der Waals surface area contributed by atoms with Crippen molar-refractivity contribution in [3.8, 4) is 28.7 Å². The van der Waals surface area contributed by atoms with E-state index in [1.807, 2.05) is 0 Å². The fourth-order valence-electron chi connectivity index (χ4n) is 4.10. The number of likely N-dealkylation sites (tertiary alicyclic amines) is 1. The van der Waals surface area contributed by atoms with Gasteiger partial charge in [-0.15, -0.1) is 21.5 Å². The minimum atomic E-state index is -0.512. The van der Waals surface area contributed by atoms with Crippen LogP contribution in [-0.4, -0.2) is 58.0 Å². The number of nitrogens with two attached hydrogens (primary N) is 1. The molecule has 1 atom stereocenters. The van der Waals surface area contributed by atoms with Crippen LogP contribution in [0.15, 0.2) is 52.3 Å². The van der Waals surface area contributed by atoms with Crippen LogP contribution in [0.5, 0.6) is 17.2 Å². The van der Waals surface area contributed by atoms with Crippen LogP contribution in [0.2, 0.25) is 0 Å².